The van der Waals surface area contributed by atoms with Crippen LogP contribution in [0.4, 0.5) is 9.18 Å². The number of fused-ring (bicyclic) bond motifs is 2. The molecule has 176 valence electrons. The van der Waals surface area contributed by atoms with Gasteiger partial charge in [-0.1, -0.05) is 24.3 Å². The van der Waals surface area contributed by atoms with Gasteiger partial charge in [-0.05, 0) is 74.3 Å². The molecule has 8 heteroatoms. The number of halogens is 1. The molecule has 0 unspecified atom stereocenters. The fraction of sp³-hybridized carbons (Fsp3) is 0.385. The first-order chi connectivity index (χ1) is 16.6. The Balaban J connectivity index is 1.32. The van der Waals surface area contributed by atoms with E-state index in [1.54, 1.807) is 19.2 Å². The lowest BCUT2D eigenvalue weighted by atomic mass is 9.65. The molecule has 0 radical (unpaired) electrons. The van der Waals surface area contributed by atoms with Crippen LogP contribution in [0, 0.1) is 17.7 Å². The second kappa shape index (κ2) is 9.75. The number of carbonyl (C=O) groups excluding carboxylic acids is 1. The summed E-state index contributed by atoms with van der Waals surface area (Å²) in [5.74, 6) is 1.36. The zero-order chi connectivity index (χ0) is 23.5. The van der Waals surface area contributed by atoms with Gasteiger partial charge in [0.05, 0.1) is 12.3 Å². The van der Waals surface area contributed by atoms with Crippen LogP contribution < -0.4 is 5.32 Å². The third-order valence-corrected chi connectivity index (χ3v) is 6.86. The molecule has 0 aliphatic heterocycles. The van der Waals surface area contributed by atoms with E-state index < -0.39 is 0 Å². The molecule has 2 aromatic heterocycles. The lowest BCUT2D eigenvalue weighted by Crippen LogP contribution is -2.44. The molecule has 0 bridgehead atoms. The fourth-order valence-electron chi connectivity index (χ4n) is 5.29. The van der Waals surface area contributed by atoms with Crippen molar-refractivity contribution >= 4 is 12.2 Å². The van der Waals surface area contributed by atoms with Crippen LogP contribution in [-0.4, -0.2) is 34.1 Å². The van der Waals surface area contributed by atoms with Crippen molar-refractivity contribution in [3.63, 3.8) is 0 Å². The van der Waals surface area contributed by atoms with Crippen molar-refractivity contribution in [3.05, 3.63) is 71.6 Å². The molecule has 3 aromatic rings. The molecule has 4 atom stereocenters. The molecule has 2 aliphatic rings. The highest BCUT2D eigenvalue weighted by atomic mass is 19.1. The molecule has 0 saturated heterocycles. The lowest BCUT2D eigenvalue weighted by Gasteiger charge is -2.41. The van der Waals surface area contributed by atoms with E-state index in [2.05, 4.69) is 26.7 Å². The third-order valence-electron chi connectivity index (χ3n) is 6.86. The van der Waals surface area contributed by atoms with Crippen molar-refractivity contribution in [2.24, 2.45) is 11.8 Å². The van der Waals surface area contributed by atoms with Crippen LogP contribution in [0.1, 0.15) is 49.3 Å². The van der Waals surface area contributed by atoms with Crippen molar-refractivity contribution in [3.8, 4) is 11.1 Å². The molecule has 2 heterocycles. The number of allylic oxidation sites excluding steroid dienone is 1. The number of ether oxygens (including phenoxy) is 1. The van der Waals surface area contributed by atoms with E-state index in [0.717, 1.165) is 54.0 Å². The normalized spacial score (nSPS) is 23.8. The van der Waals surface area contributed by atoms with Gasteiger partial charge in [0.15, 0.2) is 5.76 Å². The van der Waals surface area contributed by atoms with E-state index in [9.17, 15) is 9.18 Å². The van der Waals surface area contributed by atoms with E-state index in [-0.39, 0.29) is 23.9 Å². The van der Waals surface area contributed by atoms with Crippen LogP contribution in [0.5, 0.6) is 0 Å². The van der Waals surface area contributed by atoms with Crippen LogP contribution in [0.3, 0.4) is 0 Å². The fourth-order valence-corrected chi connectivity index (χ4v) is 5.29. The summed E-state index contributed by atoms with van der Waals surface area (Å²) >= 11 is 0. The molecule has 1 aromatic carbocycles. The quantitative estimate of drug-likeness (QED) is 0.564. The number of carbonyl (C=O) groups is 1. The summed E-state index contributed by atoms with van der Waals surface area (Å²) in [5.41, 5.74) is 3.36. The predicted molar refractivity (Wildman–Crippen MR) is 124 cm³/mol. The van der Waals surface area contributed by atoms with Crippen LogP contribution in [0.25, 0.3) is 17.2 Å². The number of rotatable bonds is 5. The highest BCUT2D eigenvalue weighted by Crippen LogP contribution is 2.47. The van der Waals surface area contributed by atoms with E-state index in [4.69, 9.17) is 9.26 Å². The van der Waals surface area contributed by atoms with Gasteiger partial charge >= 0.3 is 6.09 Å². The SMILES string of the molecule is CCOC(=O)N[C@@H]1CC[C@@H]2[C@H](Cc3nnoc3[C@H]2C=Cc2ccc(-c3cccc(F)c3)cn2)C1. The van der Waals surface area contributed by atoms with Gasteiger partial charge < -0.3 is 14.6 Å². The number of benzene rings is 1. The Morgan fingerprint density at radius 1 is 1.26 bits per heavy atom. The van der Waals surface area contributed by atoms with Gasteiger partial charge in [0.2, 0.25) is 0 Å². The monoisotopic (exact) mass is 462 g/mol. The molecular formula is C26H27FN4O3. The molecular weight excluding hydrogens is 435 g/mol. The molecule has 7 nitrogen and oxygen atoms in total. The maximum atomic E-state index is 13.5. The minimum atomic E-state index is -0.352. The maximum absolute atomic E-state index is 13.5. The van der Waals surface area contributed by atoms with Gasteiger partial charge in [-0.2, -0.15) is 0 Å². The molecule has 1 saturated carbocycles. The second-order valence-corrected chi connectivity index (χ2v) is 8.95. The molecule has 1 fully saturated rings. The van der Waals surface area contributed by atoms with E-state index in [1.807, 2.05) is 24.3 Å². The molecule has 1 amide bonds. The third kappa shape index (κ3) is 4.71. The number of nitrogens with zero attached hydrogens (tertiary/aromatic N) is 3. The smallest absolute Gasteiger partial charge is 0.407 e. The summed E-state index contributed by atoms with van der Waals surface area (Å²) in [7, 11) is 0. The Kier molecular flexibility index (Phi) is 6.38. The molecule has 2 aliphatic carbocycles. The molecule has 5 rings (SSSR count). The summed E-state index contributed by atoms with van der Waals surface area (Å²) in [5, 5.41) is 11.0. The highest BCUT2D eigenvalue weighted by molar-refractivity contribution is 5.67. The summed E-state index contributed by atoms with van der Waals surface area (Å²) in [4.78, 5) is 16.4. The maximum Gasteiger partial charge on any atom is 0.407 e. The van der Waals surface area contributed by atoms with Gasteiger partial charge in [-0.25, -0.2) is 9.18 Å². The standard InChI is InChI=1S/C26H27FN4O3/c1-2-33-26(32)29-21-9-10-22-18(13-21)14-24-25(34-31-30-24)23(22)11-8-20-7-6-17(15-28-20)16-4-3-5-19(27)12-16/h3-8,11-12,15,18,21-23H,2,9-10,13-14H2,1H3,(H,29,32)/t18-,21+,22+,23-/m0/s1. The zero-order valence-corrected chi connectivity index (χ0v) is 19.0. The number of amides is 1. The largest absolute Gasteiger partial charge is 0.450 e. The second-order valence-electron chi connectivity index (χ2n) is 8.95. The van der Waals surface area contributed by atoms with Crippen LogP contribution in [0.15, 0.2) is 53.2 Å². The first-order valence-electron chi connectivity index (χ1n) is 11.8. The Bertz CT molecular complexity index is 1180. The summed E-state index contributed by atoms with van der Waals surface area (Å²) in [6.07, 6.45) is 9.06. The van der Waals surface area contributed by atoms with Gasteiger partial charge in [0, 0.05) is 29.0 Å². The number of aromatic nitrogens is 3. The van der Waals surface area contributed by atoms with Crippen molar-refractivity contribution in [1.82, 2.24) is 20.7 Å². The van der Waals surface area contributed by atoms with Crippen LogP contribution in [0.2, 0.25) is 0 Å². The molecule has 0 spiro atoms. The van der Waals surface area contributed by atoms with Crippen LogP contribution >= 0.6 is 0 Å². The topological polar surface area (TPSA) is 90.1 Å². The zero-order valence-electron chi connectivity index (χ0n) is 19.0. The Morgan fingerprint density at radius 3 is 2.97 bits per heavy atom. The van der Waals surface area contributed by atoms with E-state index in [1.165, 1.54) is 12.1 Å². The predicted octanol–water partition coefficient (Wildman–Crippen LogP) is 5.15. The highest BCUT2D eigenvalue weighted by Gasteiger charge is 2.42. The van der Waals surface area contributed by atoms with Gasteiger partial charge in [0.25, 0.3) is 0 Å². The number of pyridine rings is 1. The minimum Gasteiger partial charge on any atom is -0.450 e. The Hall–Kier alpha value is -3.55. The summed E-state index contributed by atoms with van der Waals surface area (Å²) < 4.78 is 24.1. The number of hydrogen-bond acceptors (Lipinski definition) is 6. The number of alkyl carbamates (subject to hydrolysis) is 1. The van der Waals surface area contributed by atoms with Crippen molar-refractivity contribution in [2.45, 2.75) is 44.6 Å². The minimum absolute atomic E-state index is 0.0528. The van der Waals surface area contributed by atoms with Crippen molar-refractivity contribution in [1.29, 1.82) is 0 Å². The summed E-state index contributed by atoms with van der Waals surface area (Å²) in [6.45, 7) is 2.17. The first kappa shape index (κ1) is 22.3. The Labute approximate surface area is 197 Å². The number of nitrogens with one attached hydrogen (secondary N) is 1. The van der Waals surface area contributed by atoms with Crippen LogP contribution in [-0.2, 0) is 11.2 Å². The Morgan fingerprint density at radius 2 is 2.18 bits per heavy atom. The summed E-state index contributed by atoms with van der Waals surface area (Å²) in [6, 6.07) is 10.5. The van der Waals surface area contributed by atoms with Gasteiger partial charge in [-0.15, -0.1) is 5.10 Å². The molecule has 1 N–H and O–H groups in total. The van der Waals surface area contributed by atoms with Gasteiger partial charge in [0.1, 0.15) is 11.5 Å². The average molecular weight is 463 g/mol. The van der Waals surface area contributed by atoms with E-state index >= 15 is 0 Å². The van der Waals surface area contributed by atoms with Crippen molar-refractivity contribution < 1.29 is 18.4 Å². The van der Waals surface area contributed by atoms with Gasteiger partial charge in [-0.3, -0.25) is 4.98 Å². The number of hydrogen-bond donors (Lipinski definition) is 1. The lowest BCUT2D eigenvalue weighted by molar-refractivity contribution is 0.125. The van der Waals surface area contributed by atoms with Crippen molar-refractivity contribution in [2.75, 3.05) is 6.61 Å². The first-order valence-corrected chi connectivity index (χ1v) is 11.8. The molecule has 34 heavy (non-hydrogen) atoms. The van der Waals surface area contributed by atoms with E-state index in [0.29, 0.717) is 18.4 Å². The average Bonchev–Trinajstić information content (AvgIpc) is 3.30.